The molecule has 0 aliphatic rings. The summed E-state index contributed by atoms with van der Waals surface area (Å²) in [6.45, 7) is 15.9. The minimum Gasteiger partial charge on any atom is -0.460 e. The molecule has 0 saturated heterocycles. The number of nitrogens with one attached hydrogen (secondary N) is 3. The molecule has 35 heavy (non-hydrogen) atoms. The quantitative estimate of drug-likeness (QED) is 0.269. The summed E-state index contributed by atoms with van der Waals surface area (Å²) >= 11 is 0. The second-order valence-corrected chi connectivity index (χ2v) is 11.0. The highest BCUT2D eigenvalue weighted by atomic mass is 16.6. The Labute approximate surface area is 207 Å². The maximum Gasteiger partial charge on any atom is 0.412 e. The molecule has 0 aromatic heterocycles. The summed E-state index contributed by atoms with van der Waals surface area (Å²) in [6, 6.07) is 4.39. The van der Waals surface area contributed by atoms with E-state index >= 15 is 0 Å². The molecule has 0 atom stereocenters. The molecule has 10 nitrogen and oxygen atoms in total. The second-order valence-electron chi connectivity index (χ2n) is 11.0. The summed E-state index contributed by atoms with van der Waals surface area (Å²) in [5, 5.41) is 7.86. The minimum absolute atomic E-state index is 0.159. The molecule has 0 fully saturated rings. The van der Waals surface area contributed by atoms with E-state index in [1.807, 2.05) is 0 Å². The van der Waals surface area contributed by atoms with Crippen molar-refractivity contribution < 1.29 is 33.4 Å². The van der Waals surface area contributed by atoms with Gasteiger partial charge in [0.05, 0.1) is 11.4 Å². The predicted octanol–water partition coefficient (Wildman–Crippen LogP) is 5.23. The molecular formula is C25H39N3O7. The zero-order chi connectivity index (χ0) is 27.0. The van der Waals surface area contributed by atoms with Gasteiger partial charge in [-0.25, -0.2) is 9.59 Å². The average Bonchev–Trinajstić information content (AvgIpc) is 2.61. The van der Waals surface area contributed by atoms with E-state index < -0.39 is 34.9 Å². The number of carbonyl (C=O) groups excluding carboxylic acids is 4. The van der Waals surface area contributed by atoms with Gasteiger partial charge in [0.15, 0.2) is 0 Å². The van der Waals surface area contributed by atoms with Crippen molar-refractivity contribution >= 4 is 35.4 Å². The number of anilines is 2. The van der Waals surface area contributed by atoms with E-state index in [0.29, 0.717) is 6.42 Å². The molecule has 0 radical (unpaired) electrons. The van der Waals surface area contributed by atoms with Crippen molar-refractivity contribution in [2.75, 3.05) is 17.2 Å². The third kappa shape index (κ3) is 13.2. The highest BCUT2D eigenvalue weighted by molar-refractivity contribution is 6.00. The summed E-state index contributed by atoms with van der Waals surface area (Å²) < 4.78 is 15.8. The highest BCUT2D eigenvalue weighted by Gasteiger charge is 2.21. The van der Waals surface area contributed by atoms with Gasteiger partial charge >= 0.3 is 18.2 Å². The first-order chi connectivity index (χ1) is 15.8. The predicted molar refractivity (Wildman–Crippen MR) is 134 cm³/mol. The summed E-state index contributed by atoms with van der Waals surface area (Å²) in [7, 11) is 0. The normalized spacial score (nSPS) is 11.8. The number of esters is 1. The first kappa shape index (κ1) is 29.7. The Morgan fingerprint density at radius 1 is 0.714 bits per heavy atom. The van der Waals surface area contributed by atoms with Crippen molar-refractivity contribution in [1.29, 1.82) is 0 Å². The fourth-order valence-corrected chi connectivity index (χ4v) is 2.65. The first-order valence-corrected chi connectivity index (χ1v) is 11.5. The Balaban J connectivity index is 2.92. The number of hydrogen-bond donors (Lipinski definition) is 3. The molecule has 196 valence electrons. The molecule has 1 aromatic carbocycles. The monoisotopic (exact) mass is 493 g/mol. The summed E-state index contributed by atoms with van der Waals surface area (Å²) in [4.78, 5) is 49.0. The molecule has 0 aliphatic heterocycles. The van der Waals surface area contributed by atoms with Crippen LogP contribution < -0.4 is 16.0 Å². The lowest BCUT2D eigenvalue weighted by atomic mass is 10.1. The molecule has 1 rings (SSSR count). The van der Waals surface area contributed by atoms with Crippen LogP contribution in [0.4, 0.5) is 21.0 Å². The Hall–Kier alpha value is -3.30. The number of rotatable bonds is 7. The average molecular weight is 494 g/mol. The van der Waals surface area contributed by atoms with Crippen LogP contribution in [-0.2, 0) is 19.0 Å². The van der Waals surface area contributed by atoms with E-state index in [9.17, 15) is 19.2 Å². The van der Waals surface area contributed by atoms with E-state index in [-0.39, 0.29) is 35.9 Å². The molecule has 0 unspecified atom stereocenters. The highest BCUT2D eigenvalue weighted by Crippen LogP contribution is 2.25. The molecule has 0 spiro atoms. The third-order valence-electron chi connectivity index (χ3n) is 3.82. The van der Waals surface area contributed by atoms with E-state index in [4.69, 9.17) is 14.2 Å². The van der Waals surface area contributed by atoms with Crippen molar-refractivity contribution in [3.63, 3.8) is 0 Å². The van der Waals surface area contributed by atoms with Gasteiger partial charge in [0.2, 0.25) is 0 Å². The van der Waals surface area contributed by atoms with E-state index in [1.54, 1.807) is 62.3 Å². The second kappa shape index (κ2) is 11.9. The Morgan fingerprint density at radius 2 is 1.20 bits per heavy atom. The summed E-state index contributed by atoms with van der Waals surface area (Å²) in [6.07, 6.45) is -0.896. The Kier molecular flexibility index (Phi) is 10.1. The maximum absolute atomic E-state index is 12.6. The number of amides is 3. The van der Waals surface area contributed by atoms with E-state index in [2.05, 4.69) is 16.0 Å². The van der Waals surface area contributed by atoms with Crippen LogP contribution in [0.1, 0.15) is 85.5 Å². The van der Waals surface area contributed by atoms with Gasteiger partial charge in [0.1, 0.15) is 16.8 Å². The molecule has 1 aromatic rings. The van der Waals surface area contributed by atoms with Gasteiger partial charge in [0, 0.05) is 18.5 Å². The summed E-state index contributed by atoms with van der Waals surface area (Å²) in [5.41, 5.74) is -1.40. The van der Waals surface area contributed by atoms with E-state index in [1.165, 1.54) is 18.2 Å². The number of ether oxygens (including phenoxy) is 3. The van der Waals surface area contributed by atoms with Crippen LogP contribution in [0.2, 0.25) is 0 Å². The maximum atomic E-state index is 12.6. The van der Waals surface area contributed by atoms with Crippen LogP contribution in [0, 0.1) is 0 Å². The first-order valence-electron chi connectivity index (χ1n) is 11.5. The van der Waals surface area contributed by atoms with Crippen LogP contribution in [0.15, 0.2) is 18.2 Å². The molecule has 0 saturated carbocycles. The lowest BCUT2D eigenvalue weighted by Crippen LogP contribution is -2.29. The van der Waals surface area contributed by atoms with Crippen molar-refractivity contribution in [2.45, 2.75) is 92.0 Å². The van der Waals surface area contributed by atoms with Crippen LogP contribution >= 0.6 is 0 Å². The number of benzene rings is 1. The fourth-order valence-electron chi connectivity index (χ4n) is 2.65. The van der Waals surface area contributed by atoms with Crippen LogP contribution in [-0.4, -0.2) is 47.4 Å². The van der Waals surface area contributed by atoms with Gasteiger partial charge < -0.3 is 19.5 Å². The smallest absolute Gasteiger partial charge is 0.412 e. The lowest BCUT2D eigenvalue weighted by Gasteiger charge is -2.22. The zero-order valence-electron chi connectivity index (χ0n) is 22.2. The standard InChI is InChI=1S/C25H39N3O7/c1-23(2,3)33-19(29)11-10-14-26-20(30)16-12-13-17(27-21(31)34-24(4,5)6)18(15-16)28-22(32)35-25(7,8)9/h12-13,15H,10-11,14H2,1-9H3,(H,26,30)(H,27,31)(H,28,32). The SMILES string of the molecule is CC(C)(C)OC(=O)CCCNC(=O)c1ccc(NC(=O)OC(C)(C)C)c(NC(=O)OC(C)(C)C)c1. The van der Waals surface area contributed by atoms with Crippen LogP contribution in [0.5, 0.6) is 0 Å². The van der Waals surface area contributed by atoms with Gasteiger partial charge in [-0.15, -0.1) is 0 Å². The largest absolute Gasteiger partial charge is 0.460 e. The third-order valence-corrected chi connectivity index (χ3v) is 3.82. The molecule has 3 amide bonds. The molecular weight excluding hydrogens is 454 g/mol. The Bertz CT molecular complexity index is 922. The lowest BCUT2D eigenvalue weighted by molar-refractivity contribution is -0.154. The molecule has 0 aliphatic carbocycles. The minimum atomic E-state index is -0.750. The number of hydrogen-bond acceptors (Lipinski definition) is 7. The van der Waals surface area contributed by atoms with Crippen LogP contribution in [0.25, 0.3) is 0 Å². The Morgan fingerprint density at radius 3 is 1.69 bits per heavy atom. The van der Waals surface area contributed by atoms with Gasteiger partial charge in [-0.3, -0.25) is 20.2 Å². The fraction of sp³-hybridized carbons (Fsp3) is 0.600. The zero-order valence-corrected chi connectivity index (χ0v) is 22.2. The van der Waals surface area contributed by atoms with Crippen molar-refractivity contribution in [3.05, 3.63) is 23.8 Å². The number of carbonyl (C=O) groups is 4. The van der Waals surface area contributed by atoms with E-state index in [0.717, 1.165) is 0 Å². The van der Waals surface area contributed by atoms with Gasteiger partial charge in [-0.2, -0.15) is 0 Å². The van der Waals surface area contributed by atoms with Gasteiger partial charge in [0.25, 0.3) is 5.91 Å². The van der Waals surface area contributed by atoms with Crippen molar-refractivity contribution in [3.8, 4) is 0 Å². The van der Waals surface area contributed by atoms with Gasteiger partial charge in [-0.05, 0) is 86.9 Å². The topological polar surface area (TPSA) is 132 Å². The molecule has 10 heteroatoms. The molecule has 3 N–H and O–H groups in total. The molecule has 0 bridgehead atoms. The molecule has 0 heterocycles. The van der Waals surface area contributed by atoms with Crippen molar-refractivity contribution in [1.82, 2.24) is 5.32 Å². The van der Waals surface area contributed by atoms with Crippen molar-refractivity contribution in [2.24, 2.45) is 0 Å². The van der Waals surface area contributed by atoms with Crippen LogP contribution in [0.3, 0.4) is 0 Å². The van der Waals surface area contributed by atoms with Gasteiger partial charge in [-0.1, -0.05) is 0 Å². The summed E-state index contributed by atoms with van der Waals surface area (Å²) in [5.74, 6) is -0.751.